The van der Waals surface area contributed by atoms with E-state index in [-0.39, 0.29) is 17.0 Å². The van der Waals surface area contributed by atoms with Crippen LogP contribution in [0.25, 0.3) is 0 Å². The second-order valence-electron chi connectivity index (χ2n) is 4.18. The van der Waals surface area contributed by atoms with Gasteiger partial charge in [-0.1, -0.05) is 13.8 Å². The number of halogens is 3. The first kappa shape index (κ1) is 13.5. The van der Waals surface area contributed by atoms with Crippen molar-refractivity contribution in [3.63, 3.8) is 0 Å². The Labute approximate surface area is 97.9 Å². The van der Waals surface area contributed by atoms with Gasteiger partial charge in [0.15, 0.2) is 0 Å². The maximum atomic E-state index is 12.5. The number of hydrogen-bond donors (Lipinski definition) is 1. The van der Waals surface area contributed by atoms with Crippen molar-refractivity contribution >= 4 is 0 Å². The van der Waals surface area contributed by atoms with Gasteiger partial charge in [-0.25, -0.2) is 0 Å². The molecule has 0 saturated carbocycles. The second kappa shape index (κ2) is 4.76. The summed E-state index contributed by atoms with van der Waals surface area (Å²) < 4.78 is 37.6. The van der Waals surface area contributed by atoms with Crippen molar-refractivity contribution < 1.29 is 13.2 Å². The van der Waals surface area contributed by atoms with Crippen molar-refractivity contribution in [1.82, 2.24) is 0 Å². The van der Waals surface area contributed by atoms with Gasteiger partial charge in [0, 0.05) is 6.04 Å². The lowest BCUT2D eigenvalue weighted by atomic mass is 9.92. The van der Waals surface area contributed by atoms with Gasteiger partial charge in [-0.2, -0.15) is 18.4 Å². The molecule has 1 aromatic rings. The van der Waals surface area contributed by atoms with Crippen LogP contribution in [0.4, 0.5) is 13.2 Å². The van der Waals surface area contributed by atoms with Gasteiger partial charge in [0.1, 0.15) is 0 Å². The number of alkyl halides is 3. The third-order valence-electron chi connectivity index (χ3n) is 2.58. The molecule has 0 saturated heterocycles. The zero-order chi connectivity index (χ0) is 13.2. The lowest BCUT2D eigenvalue weighted by Gasteiger charge is -2.19. The van der Waals surface area contributed by atoms with Crippen LogP contribution in [-0.2, 0) is 6.18 Å². The molecular weight excluding hydrogens is 229 g/mol. The van der Waals surface area contributed by atoms with E-state index < -0.39 is 17.8 Å². The van der Waals surface area contributed by atoms with Crippen LogP contribution in [0.2, 0.25) is 0 Å². The van der Waals surface area contributed by atoms with E-state index in [9.17, 15) is 13.2 Å². The number of nitriles is 1. The Kier molecular flexibility index (Phi) is 3.79. The summed E-state index contributed by atoms with van der Waals surface area (Å²) in [6.07, 6.45) is -4.42. The van der Waals surface area contributed by atoms with E-state index in [1.807, 2.05) is 6.07 Å². The van der Waals surface area contributed by atoms with Crippen LogP contribution < -0.4 is 5.73 Å². The Morgan fingerprint density at radius 1 is 1.29 bits per heavy atom. The first-order valence-corrected chi connectivity index (χ1v) is 5.14. The van der Waals surface area contributed by atoms with Gasteiger partial charge >= 0.3 is 6.18 Å². The SMILES string of the molecule is CC(C)[C@@H](N)c1cc(C(F)(F)F)ccc1C#N. The summed E-state index contributed by atoms with van der Waals surface area (Å²) in [5.41, 5.74) is 5.47. The fourth-order valence-electron chi connectivity index (χ4n) is 1.48. The van der Waals surface area contributed by atoms with Gasteiger partial charge in [0.25, 0.3) is 0 Å². The minimum atomic E-state index is -4.42. The zero-order valence-electron chi connectivity index (χ0n) is 9.55. The number of benzene rings is 1. The van der Waals surface area contributed by atoms with E-state index in [4.69, 9.17) is 11.0 Å². The van der Waals surface area contributed by atoms with Gasteiger partial charge in [-0.3, -0.25) is 0 Å². The summed E-state index contributed by atoms with van der Waals surface area (Å²) in [5, 5.41) is 8.86. The van der Waals surface area contributed by atoms with Crippen molar-refractivity contribution in [3.05, 3.63) is 34.9 Å². The first-order chi connectivity index (χ1) is 7.77. The average molecular weight is 242 g/mol. The minimum absolute atomic E-state index is 0.0365. The lowest BCUT2D eigenvalue weighted by Crippen LogP contribution is -2.19. The van der Waals surface area contributed by atoms with Gasteiger partial charge in [-0.15, -0.1) is 0 Å². The average Bonchev–Trinajstić information content (AvgIpc) is 2.25. The molecule has 17 heavy (non-hydrogen) atoms. The molecule has 0 fully saturated rings. The molecule has 5 heteroatoms. The van der Waals surface area contributed by atoms with Gasteiger partial charge in [0.05, 0.1) is 17.2 Å². The van der Waals surface area contributed by atoms with E-state index in [2.05, 4.69) is 0 Å². The molecular formula is C12H13F3N2. The number of hydrogen-bond acceptors (Lipinski definition) is 2. The molecule has 0 aliphatic carbocycles. The maximum absolute atomic E-state index is 12.5. The maximum Gasteiger partial charge on any atom is 0.416 e. The molecule has 0 unspecified atom stereocenters. The van der Waals surface area contributed by atoms with Crippen LogP contribution in [0.5, 0.6) is 0 Å². The molecule has 1 atom stereocenters. The first-order valence-electron chi connectivity index (χ1n) is 5.14. The Balaban J connectivity index is 3.31. The van der Waals surface area contributed by atoms with Crippen molar-refractivity contribution in [1.29, 1.82) is 5.26 Å². The zero-order valence-corrected chi connectivity index (χ0v) is 9.55. The van der Waals surface area contributed by atoms with E-state index >= 15 is 0 Å². The molecule has 2 nitrogen and oxygen atoms in total. The van der Waals surface area contributed by atoms with Crippen molar-refractivity contribution in [2.24, 2.45) is 11.7 Å². The second-order valence-corrected chi connectivity index (χ2v) is 4.18. The highest BCUT2D eigenvalue weighted by atomic mass is 19.4. The van der Waals surface area contributed by atoms with Gasteiger partial charge in [-0.05, 0) is 29.7 Å². The summed E-state index contributed by atoms with van der Waals surface area (Å²) in [5.74, 6) is -0.0365. The molecule has 2 N–H and O–H groups in total. The van der Waals surface area contributed by atoms with Crippen LogP contribution in [0.15, 0.2) is 18.2 Å². The molecule has 0 aliphatic rings. The van der Waals surface area contributed by atoms with Gasteiger partial charge in [0.2, 0.25) is 0 Å². The summed E-state index contributed by atoms with van der Waals surface area (Å²) in [6.45, 7) is 3.60. The molecule has 1 aromatic carbocycles. The number of nitrogens with zero attached hydrogens (tertiary/aromatic N) is 1. The molecule has 0 amide bonds. The predicted molar refractivity (Wildman–Crippen MR) is 57.9 cm³/mol. The summed E-state index contributed by atoms with van der Waals surface area (Å²) >= 11 is 0. The molecule has 0 radical (unpaired) electrons. The Hall–Kier alpha value is -1.54. The molecule has 0 aliphatic heterocycles. The topological polar surface area (TPSA) is 49.8 Å². The van der Waals surface area contributed by atoms with Crippen LogP contribution in [0.1, 0.15) is 36.6 Å². The normalized spacial score (nSPS) is 13.5. The van der Waals surface area contributed by atoms with Crippen LogP contribution >= 0.6 is 0 Å². The molecule has 0 bridgehead atoms. The predicted octanol–water partition coefficient (Wildman–Crippen LogP) is 3.23. The standard InChI is InChI=1S/C12H13F3N2/c1-7(2)11(17)10-5-9(12(13,14)15)4-3-8(10)6-16/h3-5,7,11H,17H2,1-2H3/t11-/m1/s1. The minimum Gasteiger partial charge on any atom is -0.324 e. The Bertz CT molecular complexity index is 444. The van der Waals surface area contributed by atoms with Crippen molar-refractivity contribution in [3.8, 4) is 6.07 Å². The van der Waals surface area contributed by atoms with E-state index in [1.165, 1.54) is 6.07 Å². The van der Waals surface area contributed by atoms with Crippen molar-refractivity contribution in [2.75, 3.05) is 0 Å². The monoisotopic (exact) mass is 242 g/mol. The molecule has 1 rings (SSSR count). The summed E-state index contributed by atoms with van der Waals surface area (Å²) in [6, 6.07) is 4.31. The van der Waals surface area contributed by atoms with Crippen LogP contribution in [-0.4, -0.2) is 0 Å². The highest BCUT2D eigenvalue weighted by molar-refractivity contribution is 5.43. The third-order valence-corrected chi connectivity index (χ3v) is 2.58. The van der Waals surface area contributed by atoms with E-state index in [0.29, 0.717) is 0 Å². The smallest absolute Gasteiger partial charge is 0.324 e. The molecule has 0 aromatic heterocycles. The fraction of sp³-hybridized carbons (Fsp3) is 0.417. The fourth-order valence-corrected chi connectivity index (χ4v) is 1.48. The lowest BCUT2D eigenvalue weighted by molar-refractivity contribution is -0.137. The number of rotatable bonds is 2. The largest absolute Gasteiger partial charge is 0.416 e. The molecule has 92 valence electrons. The summed E-state index contributed by atoms with van der Waals surface area (Å²) in [7, 11) is 0. The molecule has 0 spiro atoms. The Morgan fingerprint density at radius 2 is 1.88 bits per heavy atom. The quantitative estimate of drug-likeness (QED) is 0.865. The third kappa shape index (κ3) is 2.98. The van der Waals surface area contributed by atoms with Crippen molar-refractivity contribution in [2.45, 2.75) is 26.1 Å². The van der Waals surface area contributed by atoms with Crippen LogP contribution in [0.3, 0.4) is 0 Å². The van der Waals surface area contributed by atoms with Gasteiger partial charge < -0.3 is 5.73 Å². The number of nitrogens with two attached hydrogens (primary N) is 1. The highest BCUT2D eigenvalue weighted by Crippen LogP contribution is 2.32. The Morgan fingerprint density at radius 3 is 2.29 bits per heavy atom. The van der Waals surface area contributed by atoms with E-state index in [1.54, 1.807) is 13.8 Å². The highest BCUT2D eigenvalue weighted by Gasteiger charge is 2.31. The van der Waals surface area contributed by atoms with E-state index in [0.717, 1.165) is 12.1 Å². The summed E-state index contributed by atoms with van der Waals surface area (Å²) in [4.78, 5) is 0. The van der Waals surface area contributed by atoms with Crippen LogP contribution in [0, 0.1) is 17.2 Å². The molecule has 0 heterocycles.